The Morgan fingerprint density at radius 2 is 2.00 bits per heavy atom. The molecule has 1 heterocycles. The van der Waals surface area contributed by atoms with Crippen molar-refractivity contribution in [3.05, 3.63) is 46.0 Å². The molecule has 15 heavy (non-hydrogen) atoms. The third-order valence-corrected chi connectivity index (χ3v) is 3.05. The van der Waals surface area contributed by atoms with Gasteiger partial charge in [-0.05, 0) is 21.5 Å². The maximum Gasteiger partial charge on any atom is 0.347 e. The van der Waals surface area contributed by atoms with Gasteiger partial charge in [0.25, 0.3) is 0 Å². The molecule has 0 amide bonds. The molecular formula is C11H9BrO3. The molecule has 1 unspecified atom stereocenters. The van der Waals surface area contributed by atoms with Crippen LogP contribution in [0.3, 0.4) is 0 Å². The molecule has 4 heteroatoms. The van der Waals surface area contributed by atoms with Gasteiger partial charge in [-0.2, -0.15) is 0 Å². The predicted molar refractivity (Wildman–Crippen MR) is 58.2 cm³/mol. The Hall–Kier alpha value is -1.13. The van der Waals surface area contributed by atoms with Crippen LogP contribution in [0.1, 0.15) is 5.56 Å². The van der Waals surface area contributed by atoms with Crippen molar-refractivity contribution in [2.45, 2.75) is 12.7 Å². The summed E-state index contributed by atoms with van der Waals surface area (Å²) in [5.74, 6) is -0.506. The van der Waals surface area contributed by atoms with Crippen LogP contribution in [0.25, 0.3) is 0 Å². The second-order valence-corrected chi connectivity index (χ2v) is 4.05. The van der Waals surface area contributed by atoms with Crippen LogP contribution in [0.2, 0.25) is 0 Å². The van der Waals surface area contributed by atoms with E-state index in [-0.39, 0.29) is 0 Å². The number of carbonyl (C=O) groups is 1. The summed E-state index contributed by atoms with van der Waals surface area (Å²) in [7, 11) is 0. The second kappa shape index (κ2) is 4.16. The lowest BCUT2D eigenvalue weighted by Gasteiger charge is -2.06. The molecule has 0 radical (unpaired) electrons. The van der Waals surface area contributed by atoms with Gasteiger partial charge >= 0.3 is 5.97 Å². The van der Waals surface area contributed by atoms with Gasteiger partial charge in [-0.15, -0.1) is 0 Å². The predicted octanol–water partition coefficient (Wildman–Crippen LogP) is 1.75. The number of halogens is 1. The fourth-order valence-electron chi connectivity index (χ4n) is 1.44. The normalized spacial score (nSPS) is 20.7. The van der Waals surface area contributed by atoms with Gasteiger partial charge in [-0.1, -0.05) is 30.3 Å². The van der Waals surface area contributed by atoms with Crippen LogP contribution in [0, 0.1) is 0 Å². The summed E-state index contributed by atoms with van der Waals surface area (Å²) in [6, 6.07) is 9.60. The maximum absolute atomic E-state index is 11.1. The molecule has 1 aliphatic rings. The van der Waals surface area contributed by atoms with E-state index in [0.29, 0.717) is 16.5 Å². The summed E-state index contributed by atoms with van der Waals surface area (Å²) in [6.07, 6.45) is -0.610. The highest BCUT2D eigenvalue weighted by atomic mass is 79.9. The Labute approximate surface area is 95.5 Å². The summed E-state index contributed by atoms with van der Waals surface area (Å²) < 4.78 is 4.99. The first-order valence-electron chi connectivity index (χ1n) is 4.50. The van der Waals surface area contributed by atoms with Crippen molar-refractivity contribution in [1.29, 1.82) is 0 Å². The summed E-state index contributed by atoms with van der Waals surface area (Å²) in [6.45, 7) is 0. The van der Waals surface area contributed by atoms with Gasteiger partial charge in [0.05, 0.1) is 0 Å². The minimum atomic E-state index is -1.12. The number of hydrogen-bond donors (Lipinski definition) is 1. The number of ether oxygens (including phenoxy) is 1. The summed E-state index contributed by atoms with van der Waals surface area (Å²) in [5, 5.41) is 9.46. The molecule has 0 saturated carbocycles. The number of aliphatic hydroxyl groups excluding tert-OH is 1. The van der Waals surface area contributed by atoms with Crippen LogP contribution < -0.4 is 0 Å². The van der Waals surface area contributed by atoms with Gasteiger partial charge in [0.2, 0.25) is 6.29 Å². The summed E-state index contributed by atoms with van der Waals surface area (Å²) in [5.41, 5.74) is 1.60. The van der Waals surface area contributed by atoms with Gasteiger partial charge < -0.3 is 9.84 Å². The first-order valence-corrected chi connectivity index (χ1v) is 5.29. The van der Waals surface area contributed by atoms with Crippen LogP contribution in [0.5, 0.6) is 0 Å². The lowest BCUT2D eigenvalue weighted by Crippen LogP contribution is -2.11. The van der Waals surface area contributed by atoms with Crippen molar-refractivity contribution in [2.75, 3.05) is 0 Å². The molecule has 1 aromatic rings. The van der Waals surface area contributed by atoms with E-state index < -0.39 is 12.3 Å². The largest absolute Gasteiger partial charge is 0.428 e. The lowest BCUT2D eigenvalue weighted by molar-refractivity contribution is -0.151. The van der Waals surface area contributed by atoms with Crippen LogP contribution in [0.4, 0.5) is 0 Å². The molecular weight excluding hydrogens is 260 g/mol. The molecule has 0 aromatic heterocycles. The zero-order valence-corrected chi connectivity index (χ0v) is 9.40. The second-order valence-electron chi connectivity index (χ2n) is 3.26. The Bertz CT molecular complexity index is 411. The van der Waals surface area contributed by atoms with Gasteiger partial charge in [0.1, 0.15) is 4.48 Å². The molecule has 0 fully saturated rings. The first kappa shape index (κ1) is 10.4. The molecule has 1 aromatic carbocycles. The Morgan fingerprint density at radius 3 is 2.53 bits per heavy atom. The monoisotopic (exact) mass is 268 g/mol. The molecule has 0 aliphatic carbocycles. The van der Waals surface area contributed by atoms with E-state index in [1.165, 1.54) is 0 Å². The minimum absolute atomic E-state index is 0.332. The van der Waals surface area contributed by atoms with E-state index in [2.05, 4.69) is 20.7 Å². The highest BCUT2D eigenvalue weighted by Gasteiger charge is 2.30. The van der Waals surface area contributed by atoms with Crippen molar-refractivity contribution in [3.8, 4) is 0 Å². The molecule has 1 N–H and O–H groups in total. The quantitative estimate of drug-likeness (QED) is 0.832. The molecule has 0 spiro atoms. The van der Waals surface area contributed by atoms with Crippen molar-refractivity contribution in [2.24, 2.45) is 0 Å². The van der Waals surface area contributed by atoms with Gasteiger partial charge in [-0.25, -0.2) is 4.79 Å². The summed E-state index contributed by atoms with van der Waals surface area (Å²) in [4.78, 5) is 11.1. The molecule has 0 saturated heterocycles. The minimum Gasteiger partial charge on any atom is -0.428 e. The number of rotatable bonds is 2. The smallest absolute Gasteiger partial charge is 0.347 e. The first-order chi connectivity index (χ1) is 7.18. The van der Waals surface area contributed by atoms with Gasteiger partial charge in [0.15, 0.2) is 0 Å². The van der Waals surface area contributed by atoms with Gasteiger partial charge in [0, 0.05) is 12.0 Å². The van der Waals surface area contributed by atoms with E-state index in [9.17, 15) is 9.90 Å². The van der Waals surface area contributed by atoms with Crippen LogP contribution >= 0.6 is 15.9 Å². The number of carbonyl (C=O) groups excluding carboxylic acids is 1. The molecule has 1 aliphatic heterocycles. The van der Waals surface area contributed by atoms with Gasteiger partial charge in [-0.3, -0.25) is 0 Å². The lowest BCUT2D eigenvalue weighted by atomic mass is 10.1. The van der Waals surface area contributed by atoms with E-state index in [4.69, 9.17) is 0 Å². The SMILES string of the molecule is O=C1OC(O)C(Cc2ccccc2)=C1Br. The molecule has 1 atom stereocenters. The Morgan fingerprint density at radius 1 is 1.33 bits per heavy atom. The number of hydrogen-bond acceptors (Lipinski definition) is 3. The summed E-state index contributed by atoms with van der Waals surface area (Å²) >= 11 is 3.11. The number of benzene rings is 1. The fraction of sp³-hybridized carbons (Fsp3) is 0.182. The Kier molecular flexibility index (Phi) is 2.88. The van der Waals surface area contributed by atoms with Crippen LogP contribution in [-0.4, -0.2) is 17.4 Å². The van der Waals surface area contributed by atoms with Crippen LogP contribution in [-0.2, 0) is 16.0 Å². The molecule has 0 bridgehead atoms. The van der Waals surface area contributed by atoms with Crippen molar-refractivity contribution < 1.29 is 14.6 Å². The van der Waals surface area contributed by atoms with E-state index >= 15 is 0 Å². The molecule has 78 valence electrons. The average molecular weight is 269 g/mol. The van der Waals surface area contributed by atoms with Crippen LogP contribution in [0.15, 0.2) is 40.4 Å². The number of esters is 1. The fourth-order valence-corrected chi connectivity index (χ4v) is 1.87. The molecule has 3 nitrogen and oxygen atoms in total. The maximum atomic E-state index is 11.1. The number of cyclic esters (lactones) is 1. The van der Waals surface area contributed by atoms with Crippen molar-refractivity contribution >= 4 is 21.9 Å². The van der Waals surface area contributed by atoms with E-state index in [1.54, 1.807) is 0 Å². The van der Waals surface area contributed by atoms with Crippen molar-refractivity contribution in [1.82, 2.24) is 0 Å². The average Bonchev–Trinajstić information content (AvgIpc) is 2.47. The third kappa shape index (κ3) is 2.11. The standard InChI is InChI=1S/C11H9BrO3/c12-9-8(10(13)15-11(9)14)6-7-4-2-1-3-5-7/h1-5,10,13H,6H2. The topological polar surface area (TPSA) is 46.5 Å². The Balaban J connectivity index is 2.23. The molecule has 2 rings (SSSR count). The van der Waals surface area contributed by atoms with E-state index in [0.717, 1.165) is 5.56 Å². The zero-order chi connectivity index (χ0) is 10.8. The zero-order valence-electron chi connectivity index (χ0n) is 7.81. The highest BCUT2D eigenvalue weighted by Crippen LogP contribution is 2.28. The third-order valence-electron chi connectivity index (χ3n) is 2.22. The van der Waals surface area contributed by atoms with E-state index in [1.807, 2.05) is 30.3 Å². The van der Waals surface area contributed by atoms with Crippen molar-refractivity contribution in [3.63, 3.8) is 0 Å². The highest BCUT2D eigenvalue weighted by molar-refractivity contribution is 9.12. The number of aliphatic hydroxyl groups is 1.